The Kier molecular flexibility index (Phi) is 1.52. The van der Waals surface area contributed by atoms with Gasteiger partial charge < -0.3 is 11.2 Å². The molecule has 0 saturated carbocycles. The van der Waals surface area contributed by atoms with Crippen LogP contribution in [0.5, 0.6) is 0 Å². The Labute approximate surface area is 65.6 Å². The van der Waals surface area contributed by atoms with Crippen LogP contribution in [0.1, 0.15) is 5.56 Å². The summed E-state index contributed by atoms with van der Waals surface area (Å²) in [6.07, 6.45) is 0.924. The van der Waals surface area contributed by atoms with E-state index in [1.54, 1.807) is 0 Å². The van der Waals surface area contributed by atoms with Crippen molar-refractivity contribution in [2.24, 2.45) is 5.73 Å². The van der Waals surface area contributed by atoms with Gasteiger partial charge in [-0.15, -0.1) is 0 Å². The van der Waals surface area contributed by atoms with Crippen molar-refractivity contribution < 1.29 is 0 Å². The SMILES string of the molecule is NC1Cc2ccccc2NN1. The molecule has 0 saturated heterocycles. The Bertz CT molecular complexity index is 259. The molecule has 2 rings (SSSR count). The van der Waals surface area contributed by atoms with Crippen LogP contribution in [0.3, 0.4) is 0 Å². The van der Waals surface area contributed by atoms with Gasteiger partial charge in [0.05, 0.1) is 11.9 Å². The van der Waals surface area contributed by atoms with E-state index >= 15 is 0 Å². The largest absolute Gasteiger partial charge is 0.320 e. The van der Waals surface area contributed by atoms with Crippen LogP contribution in [0.4, 0.5) is 5.69 Å². The van der Waals surface area contributed by atoms with E-state index in [0.717, 1.165) is 12.1 Å². The van der Waals surface area contributed by atoms with Gasteiger partial charge in [0.15, 0.2) is 0 Å². The summed E-state index contributed by atoms with van der Waals surface area (Å²) in [7, 11) is 0. The smallest absolute Gasteiger partial charge is 0.0766 e. The highest BCUT2D eigenvalue weighted by atomic mass is 15.4. The number of fused-ring (bicyclic) bond motifs is 1. The van der Waals surface area contributed by atoms with Crippen molar-refractivity contribution in [3.05, 3.63) is 29.8 Å². The Balaban J connectivity index is 2.34. The zero-order valence-electron chi connectivity index (χ0n) is 6.17. The summed E-state index contributed by atoms with van der Waals surface area (Å²) in [5.41, 5.74) is 14.1. The fourth-order valence-electron chi connectivity index (χ4n) is 1.28. The number of hydrogen-bond donors (Lipinski definition) is 3. The van der Waals surface area contributed by atoms with Crippen molar-refractivity contribution >= 4 is 5.69 Å². The molecule has 0 fully saturated rings. The molecular weight excluding hydrogens is 138 g/mol. The average Bonchev–Trinajstić information content (AvgIpc) is 2.04. The molecule has 58 valence electrons. The first-order valence-corrected chi connectivity index (χ1v) is 3.71. The Morgan fingerprint density at radius 1 is 1.36 bits per heavy atom. The molecule has 0 radical (unpaired) electrons. The van der Waals surface area contributed by atoms with Crippen molar-refractivity contribution in [1.29, 1.82) is 0 Å². The molecule has 1 aromatic carbocycles. The first kappa shape index (κ1) is 6.64. The third-order valence-corrected chi connectivity index (χ3v) is 1.85. The van der Waals surface area contributed by atoms with Gasteiger partial charge in [-0.2, -0.15) is 0 Å². The lowest BCUT2D eigenvalue weighted by molar-refractivity contribution is 0.557. The highest BCUT2D eigenvalue weighted by Crippen LogP contribution is 2.17. The van der Waals surface area contributed by atoms with Crippen LogP contribution in [-0.4, -0.2) is 6.17 Å². The Morgan fingerprint density at radius 3 is 3.09 bits per heavy atom. The van der Waals surface area contributed by atoms with Crippen molar-refractivity contribution in [3.8, 4) is 0 Å². The van der Waals surface area contributed by atoms with Gasteiger partial charge in [-0.3, -0.25) is 0 Å². The molecule has 3 nitrogen and oxygen atoms in total. The number of benzene rings is 1. The van der Waals surface area contributed by atoms with E-state index in [2.05, 4.69) is 16.9 Å². The summed E-state index contributed by atoms with van der Waals surface area (Å²) >= 11 is 0. The van der Waals surface area contributed by atoms with Crippen LogP contribution < -0.4 is 16.6 Å². The molecular formula is C8H11N3. The second kappa shape index (κ2) is 2.53. The molecule has 0 amide bonds. The maximum absolute atomic E-state index is 5.68. The number of rotatable bonds is 0. The van der Waals surface area contributed by atoms with E-state index in [0.29, 0.717) is 0 Å². The minimum atomic E-state index is 0.0323. The van der Waals surface area contributed by atoms with Crippen molar-refractivity contribution in [1.82, 2.24) is 5.43 Å². The first-order chi connectivity index (χ1) is 5.36. The van der Waals surface area contributed by atoms with Gasteiger partial charge in [0.1, 0.15) is 0 Å². The van der Waals surface area contributed by atoms with E-state index in [-0.39, 0.29) is 6.17 Å². The van der Waals surface area contributed by atoms with Crippen molar-refractivity contribution in [2.75, 3.05) is 5.43 Å². The summed E-state index contributed by atoms with van der Waals surface area (Å²) < 4.78 is 0. The number of hydrogen-bond acceptors (Lipinski definition) is 3. The summed E-state index contributed by atoms with van der Waals surface area (Å²) in [5.74, 6) is 0. The van der Waals surface area contributed by atoms with Crippen molar-refractivity contribution in [2.45, 2.75) is 12.6 Å². The topological polar surface area (TPSA) is 50.1 Å². The quantitative estimate of drug-likeness (QED) is 0.502. The molecule has 4 N–H and O–H groups in total. The molecule has 0 aliphatic carbocycles. The number of nitrogens with two attached hydrogens (primary N) is 1. The van der Waals surface area contributed by atoms with E-state index < -0.39 is 0 Å². The molecule has 1 heterocycles. The highest BCUT2D eigenvalue weighted by Gasteiger charge is 2.11. The number of para-hydroxylation sites is 1. The van der Waals surface area contributed by atoms with Crippen LogP contribution >= 0.6 is 0 Å². The standard InChI is InChI=1S/C8H11N3/c9-8-5-6-3-1-2-4-7(6)10-11-8/h1-4,8,10-11H,5,9H2. The molecule has 0 bridgehead atoms. The van der Waals surface area contributed by atoms with Crippen LogP contribution in [0.2, 0.25) is 0 Å². The van der Waals surface area contributed by atoms with Crippen LogP contribution in [0, 0.1) is 0 Å². The third-order valence-electron chi connectivity index (χ3n) is 1.85. The molecule has 1 unspecified atom stereocenters. The number of anilines is 1. The van der Waals surface area contributed by atoms with Gasteiger partial charge in [-0.05, 0) is 11.6 Å². The summed E-state index contributed by atoms with van der Waals surface area (Å²) in [5, 5.41) is 0. The zero-order chi connectivity index (χ0) is 7.68. The maximum atomic E-state index is 5.68. The van der Waals surface area contributed by atoms with Gasteiger partial charge in [0, 0.05) is 6.42 Å². The van der Waals surface area contributed by atoms with E-state index in [1.165, 1.54) is 5.56 Å². The molecule has 3 heteroatoms. The molecule has 0 spiro atoms. The lowest BCUT2D eigenvalue weighted by Gasteiger charge is -2.23. The van der Waals surface area contributed by atoms with Gasteiger partial charge in [0.2, 0.25) is 0 Å². The molecule has 11 heavy (non-hydrogen) atoms. The second-order valence-corrected chi connectivity index (χ2v) is 2.74. The summed E-state index contributed by atoms with van der Waals surface area (Å²) in [6, 6.07) is 8.15. The minimum Gasteiger partial charge on any atom is -0.320 e. The fourth-order valence-corrected chi connectivity index (χ4v) is 1.28. The second-order valence-electron chi connectivity index (χ2n) is 2.74. The van der Waals surface area contributed by atoms with Crippen LogP contribution in [-0.2, 0) is 6.42 Å². The van der Waals surface area contributed by atoms with Crippen LogP contribution in [0.25, 0.3) is 0 Å². The molecule has 1 aliphatic heterocycles. The van der Waals surface area contributed by atoms with Gasteiger partial charge >= 0.3 is 0 Å². The summed E-state index contributed by atoms with van der Waals surface area (Å²) in [4.78, 5) is 0. The molecule has 0 aromatic heterocycles. The van der Waals surface area contributed by atoms with Gasteiger partial charge in [0.25, 0.3) is 0 Å². The average molecular weight is 149 g/mol. The first-order valence-electron chi connectivity index (χ1n) is 3.71. The van der Waals surface area contributed by atoms with Gasteiger partial charge in [-0.1, -0.05) is 18.2 Å². The van der Waals surface area contributed by atoms with E-state index in [1.807, 2.05) is 18.2 Å². The molecule has 1 aliphatic rings. The zero-order valence-corrected chi connectivity index (χ0v) is 6.17. The monoisotopic (exact) mass is 149 g/mol. The molecule has 1 atom stereocenters. The lowest BCUT2D eigenvalue weighted by atomic mass is 10.1. The van der Waals surface area contributed by atoms with Crippen molar-refractivity contribution in [3.63, 3.8) is 0 Å². The van der Waals surface area contributed by atoms with Gasteiger partial charge in [-0.25, -0.2) is 5.43 Å². The minimum absolute atomic E-state index is 0.0323. The maximum Gasteiger partial charge on any atom is 0.0766 e. The Morgan fingerprint density at radius 2 is 2.18 bits per heavy atom. The fraction of sp³-hybridized carbons (Fsp3) is 0.250. The Hall–Kier alpha value is -1.06. The van der Waals surface area contributed by atoms with Crippen LogP contribution in [0.15, 0.2) is 24.3 Å². The predicted molar refractivity (Wildman–Crippen MR) is 44.9 cm³/mol. The molecule has 1 aromatic rings. The highest BCUT2D eigenvalue weighted by molar-refractivity contribution is 5.52. The normalized spacial score (nSPS) is 22.1. The predicted octanol–water partition coefficient (Wildman–Crippen LogP) is 0.444. The third kappa shape index (κ3) is 1.20. The number of hydrazine groups is 1. The number of nitrogens with one attached hydrogen (secondary N) is 2. The lowest BCUT2D eigenvalue weighted by Crippen LogP contribution is -2.46. The summed E-state index contributed by atoms with van der Waals surface area (Å²) in [6.45, 7) is 0. The van der Waals surface area contributed by atoms with E-state index in [9.17, 15) is 0 Å². The van der Waals surface area contributed by atoms with E-state index in [4.69, 9.17) is 5.73 Å².